The number of hydrogen-bond donors (Lipinski definition) is 3. The molecule has 198 valence electrons. The van der Waals surface area contributed by atoms with E-state index in [-0.39, 0.29) is 12.4 Å². The molecule has 0 bridgehead atoms. The lowest BCUT2D eigenvalue weighted by Crippen LogP contribution is -2.39. The first-order valence-corrected chi connectivity index (χ1v) is 11.6. The first-order valence-electron chi connectivity index (χ1n) is 11.6. The van der Waals surface area contributed by atoms with Gasteiger partial charge in [-0.1, -0.05) is 24.3 Å². The molecule has 37 heavy (non-hydrogen) atoms. The van der Waals surface area contributed by atoms with E-state index in [4.69, 9.17) is 5.41 Å². The van der Waals surface area contributed by atoms with Crippen LogP contribution in [0.25, 0.3) is 0 Å². The normalized spacial score (nSPS) is 15.5. The van der Waals surface area contributed by atoms with E-state index in [2.05, 4.69) is 15.4 Å². The second kappa shape index (κ2) is 11.4. The molecular formula is C26H30F3N5O3. The predicted molar refractivity (Wildman–Crippen MR) is 134 cm³/mol. The fourth-order valence-corrected chi connectivity index (χ4v) is 3.92. The Hall–Kier alpha value is -4.02. The summed E-state index contributed by atoms with van der Waals surface area (Å²) in [7, 11) is 5.06. The maximum absolute atomic E-state index is 13.7. The molecule has 8 nitrogen and oxygen atoms in total. The SMILES string of the molecule is COC(=O)c1ccc(C(C)NC(=O)/C(C(=N)C(F)(F)F)=C2/NCCN2Cc2ccc(N(C)C)cc2)cc1. The Morgan fingerprint density at radius 1 is 1.14 bits per heavy atom. The molecule has 0 aliphatic carbocycles. The summed E-state index contributed by atoms with van der Waals surface area (Å²) in [6, 6.07) is 13.0. The van der Waals surface area contributed by atoms with Gasteiger partial charge in [-0.25, -0.2) is 4.79 Å². The van der Waals surface area contributed by atoms with Crippen LogP contribution < -0.4 is 15.5 Å². The fraction of sp³-hybridized carbons (Fsp3) is 0.346. The van der Waals surface area contributed by atoms with Gasteiger partial charge in [-0.3, -0.25) is 10.2 Å². The molecule has 0 radical (unpaired) electrons. The molecule has 1 atom stereocenters. The number of rotatable bonds is 8. The third-order valence-corrected chi connectivity index (χ3v) is 5.99. The van der Waals surface area contributed by atoms with Crippen LogP contribution in [0.5, 0.6) is 0 Å². The first kappa shape index (κ1) is 27.6. The molecule has 1 aliphatic heterocycles. The summed E-state index contributed by atoms with van der Waals surface area (Å²) in [6.45, 7) is 2.58. The zero-order valence-corrected chi connectivity index (χ0v) is 21.1. The topological polar surface area (TPSA) is 97.8 Å². The van der Waals surface area contributed by atoms with Crippen molar-refractivity contribution in [3.05, 3.63) is 76.6 Å². The summed E-state index contributed by atoms with van der Waals surface area (Å²) in [5.41, 5.74) is 0.205. The van der Waals surface area contributed by atoms with E-state index in [0.29, 0.717) is 24.2 Å². The number of methoxy groups -OCH3 is 1. The minimum Gasteiger partial charge on any atom is -0.465 e. The Labute approximate surface area is 213 Å². The first-order chi connectivity index (χ1) is 17.4. The molecule has 1 heterocycles. The number of esters is 1. The van der Waals surface area contributed by atoms with Crippen LogP contribution in [0.3, 0.4) is 0 Å². The van der Waals surface area contributed by atoms with Crippen LogP contribution in [0.2, 0.25) is 0 Å². The second-order valence-electron chi connectivity index (χ2n) is 8.81. The molecule has 1 aliphatic rings. The number of carbonyl (C=O) groups excluding carboxylic acids is 2. The Morgan fingerprint density at radius 3 is 2.30 bits per heavy atom. The minimum atomic E-state index is -5.02. The average molecular weight is 518 g/mol. The molecule has 0 saturated carbocycles. The largest absolute Gasteiger partial charge is 0.465 e. The number of hydrogen-bond acceptors (Lipinski definition) is 7. The Bertz CT molecular complexity index is 1180. The van der Waals surface area contributed by atoms with E-state index < -0.39 is 35.4 Å². The van der Waals surface area contributed by atoms with E-state index in [0.717, 1.165) is 11.3 Å². The maximum Gasteiger partial charge on any atom is 0.433 e. The van der Waals surface area contributed by atoms with Crippen LogP contribution in [0.1, 0.15) is 34.5 Å². The van der Waals surface area contributed by atoms with E-state index in [9.17, 15) is 22.8 Å². The summed E-state index contributed by atoms with van der Waals surface area (Å²) >= 11 is 0. The quantitative estimate of drug-likeness (QED) is 0.281. The van der Waals surface area contributed by atoms with Gasteiger partial charge < -0.3 is 25.2 Å². The Kier molecular flexibility index (Phi) is 8.46. The number of nitrogens with zero attached hydrogens (tertiary/aromatic N) is 2. The van der Waals surface area contributed by atoms with Crippen molar-refractivity contribution in [3.63, 3.8) is 0 Å². The lowest BCUT2D eigenvalue weighted by molar-refractivity contribution is -0.118. The highest BCUT2D eigenvalue weighted by Gasteiger charge is 2.42. The van der Waals surface area contributed by atoms with Crippen molar-refractivity contribution in [3.8, 4) is 0 Å². The van der Waals surface area contributed by atoms with E-state index in [1.165, 1.54) is 19.2 Å². The van der Waals surface area contributed by atoms with E-state index >= 15 is 0 Å². The van der Waals surface area contributed by atoms with Gasteiger partial charge in [-0.05, 0) is 42.3 Å². The molecule has 1 amide bonds. The second-order valence-corrected chi connectivity index (χ2v) is 8.81. The number of alkyl halides is 3. The van der Waals surface area contributed by atoms with E-state index in [1.807, 2.05) is 43.3 Å². The van der Waals surface area contributed by atoms with Crippen molar-refractivity contribution in [1.29, 1.82) is 5.41 Å². The van der Waals surface area contributed by atoms with Gasteiger partial charge in [0.15, 0.2) is 5.71 Å². The molecule has 3 N–H and O–H groups in total. The maximum atomic E-state index is 13.7. The van der Waals surface area contributed by atoms with Crippen molar-refractivity contribution >= 4 is 23.3 Å². The molecular weight excluding hydrogens is 487 g/mol. The van der Waals surface area contributed by atoms with Gasteiger partial charge in [-0.15, -0.1) is 0 Å². The number of benzene rings is 2. The summed E-state index contributed by atoms with van der Waals surface area (Å²) < 4.78 is 45.7. The zero-order chi connectivity index (χ0) is 27.3. The number of halogens is 3. The van der Waals surface area contributed by atoms with Crippen molar-refractivity contribution in [1.82, 2.24) is 15.5 Å². The third kappa shape index (κ3) is 6.60. The summed E-state index contributed by atoms with van der Waals surface area (Å²) in [6.07, 6.45) is -5.02. The van der Waals surface area contributed by atoms with Gasteiger partial charge in [-0.2, -0.15) is 13.2 Å². The van der Waals surface area contributed by atoms with Crippen molar-refractivity contribution < 1.29 is 27.5 Å². The van der Waals surface area contributed by atoms with Crippen LogP contribution in [-0.4, -0.2) is 63.0 Å². The van der Waals surface area contributed by atoms with E-state index in [1.54, 1.807) is 24.0 Å². The number of nitrogens with one attached hydrogen (secondary N) is 3. The van der Waals surface area contributed by atoms with Crippen LogP contribution in [-0.2, 0) is 16.1 Å². The lowest BCUT2D eigenvalue weighted by atomic mass is 10.0. The molecule has 0 spiro atoms. The minimum absolute atomic E-state index is 0.0373. The number of ether oxygens (including phenoxy) is 1. The zero-order valence-electron chi connectivity index (χ0n) is 21.1. The van der Waals surface area contributed by atoms with Crippen molar-refractivity contribution in [2.75, 3.05) is 39.2 Å². The molecule has 1 saturated heterocycles. The number of amides is 1. The average Bonchev–Trinajstić information content (AvgIpc) is 3.30. The van der Waals surface area contributed by atoms with Crippen LogP contribution in [0.15, 0.2) is 59.9 Å². The van der Waals surface area contributed by atoms with Gasteiger partial charge in [0.1, 0.15) is 11.4 Å². The third-order valence-electron chi connectivity index (χ3n) is 5.99. The molecule has 0 aromatic heterocycles. The summed E-state index contributed by atoms with van der Waals surface area (Å²) in [5, 5.41) is 13.3. The smallest absolute Gasteiger partial charge is 0.433 e. The van der Waals surface area contributed by atoms with Gasteiger partial charge in [0.25, 0.3) is 5.91 Å². The summed E-state index contributed by atoms with van der Waals surface area (Å²) in [4.78, 5) is 28.4. The van der Waals surface area contributed by atoms with Crippen molar-refractivity contribution in [2.45, 2.75) is 25.7 Å². The standard InChI is InChI=1S/C26H30F3N5O3/c1-16(18-7-9-19(10-8-18)25(36)37-4)32-24(35)21(22(30)26(27,28)29)23-31-13-14-34(23)15-17-5-11-20(12-6-17)33(2)3/h5-12,16,30-31H,13-15H2,1-4H3,(H,32,35)/b23-21-,30-22?. The number of carbonyl (C=O) groups is 2. The van der Waals surface area contributed by atoms with Gasteiger partial charge >= 0.3 is 12.1 Å². The Morgan fingerprint density at radius 2 is 1.76 bits per heavy atom. The highest BCUT2D eigenvalue weighted by atomic mass is 19.4. The number of anilines is 1. The molecule has 1 unspecified atom stereocenters. The lowest BCUT2D eigenvalue weighted by Gasteiger charge is -2.24. The van der Waals surface area contributed by atoms with Gasteiger partial charge in [0.05, 0.1) is 18.7 Å². The molecule has 1 fully saturated rings. The summed E-state index contributed by atoms with van der Waals surface area (Å²) in [5.74, 6) is -1.59. The molecule has 2 aromatic rings. The highest BCUT2D eigenvalue weighted by Crippen LogP contribution is 2.27. The van der Waals surface area contributed by atoms with Crippen LogP contribution in [0, 0.1) is 5.41 Å². The fourth-order valence-electron chi connectivity index (χ4n) is 3.92. The molecule has 11 heteroatoms. The Balaban J connectivity index is 1.88. The molecule has 3 rings (SSSR count). The predicted octanol–water partition coefficient (Wildman–Crippen LogP) is 3.62. The monoisotopic (exact) mass is 517 g/mol. The van der Waals surface area contributed by atoms with Gasteiger partial charge in [0.2, 0.25) is 0 Å². The van der Waals surface area contributed by atoms with Crippen molar-refractivity contribution in [2.24, 2.45) is 0 Å². The van der Waals surface area contributed by atoms with Gasteiger partial charge in [0, 0.05) is 39.4 Å². The molecule has 2 aromatic carbocycles. The van der Waals surface area contributed by atoms with Crippen LogP contribution in [0.4, 0.5) is 18.9 Å². The highest BCUT2D eigenvalue weighted by molar-refractivity contribution is 6.23. The van der Waals surface area contributed by atoms with Crippen LogP contribution >= 0.6 is 0 Å².